The number of nitrogens with one attached hydrogen (secondary N) is 2. The summed E-state index contributed by atoms with van der Waals surface area (Å²) in [5.41, 5.74) is 7.66. The van der Waals surface area contributed by atoms with Gasteiger partial charge in [-0.25, -0.2) is 5.48 Å². The predicted octanol–water partition coefficient (Wildman–Crippen LogP) is -1.09. The van der Waals surface area contributed by atoms with Crippen molar-refractivity contribution in [3.8, 4) is 0 Å². The van der Waals surface area contributed by atoms with E-state index < -0.39 is 6.04 Å². The van der Waals surface area contributed by atoms with Crippen molar-refractivity contribution in [2.45, 2.75) is 25.8 Å². The van der Waals surface area contributed by atoms with Gasteiger partial charge in [-0.2, -0.15) is 0 Å². The molecule has 1 aliphatic rings. The minimum absolute atomic E-state index is 0.175. The van der Waals surface area contributed by atoms with E-state index >= 15 is 0 Å². The smallest absolute Gasteiger partial charge is 0.268 e. The van der Waals surface area contributed by atoms with Gasteiger partial charge in [-0.3, -0.25) is 14.4 Å². The third-order valence-corrected chi connectivity index (χ3v) is 2.35. The van der Waals surface area contributed by atoms with Gasteiger partial charge in [-0.15, -0.1) is 0 Å². The summed E-state index contributed by atoms with van der Waals surface area (Å²) in [4.78, 5) is 27.4. The van der Waals surface area contributed by atoms with Crippen molar-refractivity contribution in [1.29, 1.82) is 0 Å². The summed E-state index contributed by atoms with van der Waals surface area (Å²) >= 11 is 0. The second kappa shape index (κ2) is 5.67. The van der Waals surface area contributed by atoms with E-state index in [4.69, 9.17) is 10.6 Å². The molecule has 6 heteroatoms. The zero-order valence-electron chi connectivity index (χ0n) is 8.79. The van der Waals surface area contributed by atoms with Crippen molar-refractivity contribution < 1.29 is 14.4 Å². The van der Waals surface area contributed by atoms with Gasteiger partial charge in [0.15, 0.2) is 0 Å². The number of hydroxylamine groups is 1. The van der Waals surface area contributed by atoms with Crippen LogP contribution in [0.25, 0.3) is 0 Å². The van der Waals surface area contributed by atoms with Gasteiger partial charge >= 0.3 is 0 Å². The van der Waals surface area contributed by atoms with Crippen molar-refractivity contribution in [2.75, 3.05) is 13.2 Å². The summed E-state index contributed by atoms with van der Waals surface area (Å²) in [6.45, 7) is 2.46. The van der Waals surface area contributed by atoms with Crippen molar-refractivity contribution in [1.82, 2.24) is 10.8 Å². The van der Waals surface area contributed by atoms with Crippen LogP contribution in [0.1, 0.15) is 19.8 Å². The Balaban J connectivity index is 2.42. The van der Waals surface area contributed by atoms with E-state index in [0.29, 0.717) is 6.54 Å². The van der Waals surface area contributed by atoms with E-state index in [1.807, 2.05) is 6.92 Å². The summed E-state index contributed by atoms with van der Waals surface area (Å²) in [7, 11) is 0. The average molecular weight is 215 g/mol. The van der Waals surface area contributed by atoms with Crippen LogP contribution in [0.15, 0.2) is 0 Å². The van der Waals surface area contributed by atoms with Crippen LogP contribution in [0, 0.1) is 5.92 Å². The van der Waals surface area contributed by atoms with Crippen LogP contribution in [0.5, 0.6) is 0 Å². The first kappa shape index (κ1) is 11.9. The minimum Gasteiger partial charge on any atom is -0.342 e. The SMILES string of the molecule is CCCC(CN)C(=O)N[C@@H]1CONC1=O. The molecule has 0 aromatic rings. The van der Waals surface area contributed by atoms with Crippen LogP contribution >= 0.6 is 0 Å². The van der Waals surface area contributed by atoms with Gasteiger partial charge in [0.25, 0.3) is 5.91 Å². The van der Waals surface area contributed by atoms with Crippen molar-refractivity contribution in [3.63, 3.8) is 0 Å². The van der Waals surface area contributed by atoms with Gasteiger partial charge in [0, 0.05) is 6.54 Å². The Kier molecular flexibility index (Phi) is 4.51. The van der Waals surface area contributed by atoms with Crippen LogP contribution in [0.3, 0.4) is 0 Å². The number of hydrogen-bond acceptors (Lipinski definition) is 4. The number of nitrogens with two attached hydrogens (primary N) is 1. The molecule has 2 amide bonds. The van der Waals surface area contributed by atoms with E-state index in [1.165, 1.54) is 0 Å². The van der Waals surface area contributed by atoms with Crippen molar-refractivity contribution in [2.24, 2.45) is 11.7 Å². The molecule has 0 spiro atoms. The predicted molar refractivity (Wildman–Crippen MR) is 53.5 cm³/mol. The van der Waals surface area contributed by atoms with Gasteiger partial charge in [0.05, 0.1) is 5.92 Å². The Bertz CT molecular complexity index is 245. The van der Waals surface area contributed by atoms with Crippen molar-refractivity contribution in [3.05, 3.63) is 0 Å². The monoisotopic (exact) mass is 215 g/mol. The topological polar surface area (TPSA) is 93.5 Å². The highest BCUT2D eigenvalue weighted by molar-refractivity contribution is 5.89. The van der Waals surface area contributed by atoms with E-state index in [2.05, 4.69) is 10.8 Å². The molecule has 0 aromatic heterocycles. The van der Waals surface area contributed by atoms with Gasteiger partial charge in [-0.1, -0.05) is 13.3 Å². The number of amides is 2. The summed E-state index contributed by atoms with van der Waals surface area (Å²) < 4.78 is 0. The highest BCUT2D eigenvalue weighted by Crippen LogP contribution is 2.05. The maximum Gasteiger partial charge on any atom is 0.268 e. The molecule has 0 aromatic carbocycles. The Morgan fingerprint density at radius 3 is 3.00 bits per heavy atom. The van der Waals surface area contributed by atoms with Crippen LogP contribution < -0.4 is 16.5 Å². The molecule has 1 rings (SSSR count). The van der Waals surface area contributed by atoms with Crippen LogP contribution in [0.2, 0.25) is 0 Å². The molecule has 6 nitrogen and oxygen atoms in total. The fourth-order valence-electron chi connectivity index (χ4n) is 1.44. The van der Waals surface area contributed by atoms with Gasteiger partial charge in [-0.05, 0) is 6.42 Å². The summed E-state index contributed by atoms with van der Waals surface area (Å²) in [5.74, 6) is -0.705. The highest BCUT2D eigenvalue weighted by atomic mass is 16.7. The lowest BCUT2D eigenvalue weighted by Gasteiger charge is -2.15. The Hall–Kier alpha value is -1.14. The molecule has 86 valence electrons. The zero-order chi connectivity index (χ0) is 11.3. The number of carbonyl (C=O) groups excluding carboxylic acids is 2. The molecular weight excluding hydrogens is 198 g/mol. The first-order valence-electron chi connectivity index (χ1n) is 5.11. The quantitative estimate of drug-likeness (QED) is 0.543. The maximum atomic E-state index is 11.6. The molecule has 0 saturated carbocycles. The fraction of sp³-hybridized carbons (Fsp3) is 0.778. The summed E-state index contributed by atoms with van der Waals surface area (Å²) in [5, 5.41) is 2.61. The first-order valence-corrected chi connectivity index (χ1v) is 5.11. The Morgan fingerprint density at radius 2 is 2.53 bits per heavy atom. The fourth-order valence-corrected chi connectivity index (χ4v) is 1.44. The molecule has 4 N–H and O–H groups in total. The zero-order valence-corrected chi connectivity index (χ0v) is 8.79. The number of carbonyl (C=O) groups is 2. The summed E-state index contributed by atoms with van der Waals surface area (Å²) in [6, 6.07) is -0.580. The Morgan fingerprint density at radius 1 is 1.80 bits per heavy atom. The van der Waals surface area contributed by atoms with Gasteiger partial charge < -0.3 is 11.1 Å². The second-order valence-corrected chi connectivity index (χ2v) is 3.56. The first-order chi connectivity index (χ1) is 7.19. The lowest BCUT2D eigenvalue weighted by Crippen LogP contribution is -2.45. The lowest BCUT2D eigenvalue weighted by molar-refractivity contribution is -0.130. The van der Waals surface area contributed by atoms with E-state index in [0.717, 1.165) is 12.8 Å². The highest BCUT2D eigenvalue weighted by Gasteiger charge is 2.29. The van der Waals surface area contributed by atoms with Crippen LogP contribution in [0.4, 0.5) is 0 Å². The minimum atomic E-state index is -0.580. The lowest BCUT2D eigenvalue weighted by atomic mass is 10.0. The molecule has 0 aliphatic carbocycles. The Labute approximate surface area is 88.5 Å². The molecule has 0 radical (unpaired) electrons. The number of hydrogen-bond donors (Lipinski definition) is 3. The molecule has 1 saturated heterocycles. The largest absolute Gasteiger partial charge is 0.342 e. The second-order valence-electron chi connectivity index (χ2n) is 3.56. The molecule has 0 bridgehead atoms. The third-order valence-electron chi connectivity index (χ3n) is 2.35. The van der Waals surface area contributed by atoms with Crippen LogP contribution in [-0.2, 0) is 14.4 Å². The van der Waals surface area contributed by atoms with E-state index in [9.17, 15) is 9.59 Å². The average Bonchev–Trinajstić information content (AvgIpc) is 2.60. The van der Waals surface area contributed by atoms with Crippen molar-refractivity contribution >= 4 is 11.8 Å². The summed E-state index contributed by atoms with van der Waals surface area (Å²) in [6.07, 6.45) is 1.63. The molecule has 1 unspecified atom stereocenters. The standard InChI is InChI=1S/C9H17N3O3/c1-2-3-6(4-10)8(13)11-7-5-15-12-9(7)14/h6-7H,2-5,10H2,1H3,(H,11,13)(H,12,14)/t6?,7-/m1/s1. The molecule has 2 atom stereocenters. The van der Waals surface area contributed by atoms with Gasteiger partial charge in [0.2, 0.25) is 5.91 Å². The van der Waals surface area contributed by atoms with E-state index in [-0.39, 0.29) is 24.3 Å². The molecule has 1 aliphatic heterocycles. The molecular formula is C9H17N3O3. The van der Waals surface area contributed by atoms with Gasteiger partial charge in [0.1, 0.15) is 12.6 Å². The maximum absolute atomic E-state index is 11.6. The molecule has 1 fully saturated rings. The van der Waals surface area contributed by atoms with Crippen LogP contribution in [-0.4, -0.2) is 31.0 Å². The number of rotatable bonds is 5. The van der Waals surface area contributed by atoms with E-state index in [1.54, 1.807) is 0 Å². The third kappa shape index (κ3) is 3.17. The normalized spacial score (nSPS) is 22.3. The molecule has 1 heterocycles. The molecule has 15 heavy (non-hydrogen) atoms.